The molecule has 1 aromatic rings. The second-order valence-electron chi connectivity index (χ2n) is 9.36. The zero-order chi connectivity index (χ0) is 22.9. The van der Waals surface area contributed by atoms with Crippen molar-refractivity contribution in [2.24, 2.45) is 0 Å². The molecule has 0 atom stereocenters. The molecule has 2 aliphatic rings. The van der Waals surface area contributed by atoms with Crippen LogP contribution in [0.3, 0.4) is 0 Å². The molecule has 0 spiro atoms. The van der Waals surface area contributed by atoms with Crippen molar-refractivity contribution < 1.29 is 23.9 Å². The van der Waals surface area contributed by atoms with Crippen LogP contribution in [0.4, 0.5) is 4.79 Å². The van der Waals surface area contributed by atoms with Crippen molar-refractivity contribution in [1.29, 1.82) is 5.26 Å². The van der Waals surface area contributed by atoms with E-state index in [1.807, 2.05) is 40.0 Å². The monoisotopic (exact) mass is 446 g/mol. The van der Waals surface area contributed by atoms with Crippen molar-refractivity contribution in [1.82, 2.24) is 5.32 Å². The molecule has 1 saturated heterocycles. The zero-order valence-electron chi connectivity index (χ0n) is 18.9. The highest BCUT2D eigenvalue weighted by molar-refractivity contribution is 7.98. The molecule has 0 aromatic heterocycles. The van der Waals surface area contributed by atoms with Gasteiger partial charge < -0.3 is 24.5 Å². The summed E-state index contributed by atoms with van der Waals surface area (Å²) >= 11 is 1.45. The van der Waals surface area contributed by atoms with Gasteiger partial charge in [0.2, 0.25) is 0 Å². The Hall–Kier alpha value is -1.89. The summed E-state index contributed by atoms with van der Waals surface area (Å²) < 4.78 is 18.5. The van der Waals surface area contributed by atoms with Gasteiger partial charge in [-0.2, -0.15) is 5.26 Å². The first-order valence-corrected chi connectivity index (χ1v) is 11.9. The second-order valence-corrected chi connectivity index (χ2v) is 10.2. The average Bonchev–Trinajstić information content (AvgIpc) is 2.93. The first kappa shape index (κ1) is 23.8. The van der Waals surface area contributed by atoms with Gasteiger partial charge in [-0.15, -0.1) is 11.8 Å². The van der Waals surface area contributed by atoms with Crippen molar-refractivity contribution in [2.45, 2.75) is 81.4 Å². The van der Waals surface area contributed by atoms with Gasteiger partial charge in [0, 0.05) is 4.90 Å². The van der Waals surface area contributed by atoms with Gasteiger partial charge in [0.15, 0.2) is 0 Å². The minimum absolute atomic E-state index is 0.175. The van der Waals surface area contributed by atoms with Crippen LogP contribution in [0.25, 0.3) is 0 Å². The Balaban J connectivity index is 1.91. The molecule has 9 heteroatoms. The van der Waals surface area contributed by atoms with E-state index in [1.165, 1.54) is 11.8 Å². The maximum atomic E-state index is 11.4. The van der Waals surface area contributed by atoms with E-state index in [1.54, 1.807) is 6.07 Å². The molecule has 1 saturated carbocycles. The minimum atomic E-state index is -1.05. The number of carboxylic acid groups (broad SMARTS) is 1. The van der Waals surface area contributed by atoms with Gasteiger partial charge in [0.25, 0.3) is 0 Å². The third kappa shape index (κ3) is 4.97. The summed E-state index contributed by atoms with van der Waals surface area (Å²) in [6.07, 6.45) is 5.25. The lowest BCUT2D eigenvalue weighted by Crippen LogP contribution is -2.53. The zero-order valence-corrected chi connectivity index (χ0v) is 19.7. The molecule has 31 heavy (non-hydrogen) atoms. The van der Waals surface area contributed by atoms with Crippen molar-refractivity contribution in [3.8, 4) is 11.8 Å². The summed E-state index contributed by atoms with van der Waals surface area (Å²) in [7, 11) is -0.577. The highest BCUT2D eigenvalue weighted by Gasteiger charge is 2.52. The number of hydrogen-bond donors (Lipinski definition) is 2. The lowest BCUT2D eigenvalue weighted by molar-refractivity contribution is 0.00578. The third-order valence-electron chi connectivity index (χ3n) is 6.63. The van der Waals surface area contributed by atoms with E-state index in [0.717, 1.165) is 29.6 Å². The van der Waals surface area contributed by atoms with Crippen LogP contribution >= 0.6 is 11.8 Å². The Morgan fingerprint density at radius 3 is 2.35 bits per heavy atom. The van der Waals surface area contributed by atoms with Gasteiger partial charge in [-0.1, -0.05) is 19.3 Å². The number of benzene rings is 1. The smallest absolute Gasteiger partial charge is 0.490 e. The maximum absolute atomic E-state index is 11.4. The van der Waals surface area contributed by atoms with Gasteiger partial charge in [-0.3, -0.25) is 0 Å². The number of nitriles is 1. The third-order valence-corrected chi connectivity index (χ3v) is 7.39. The molecule has 1 aliphatic heterocycles. The van der Waals surface area contributed by atoms with Gasteiger partial charge in [0.05, 0.1) is 16.7 Å². The number of carbonyl (C=O) groups is 1. The first-order valence-electron chi connectivity index (χ1n) is 10.6. The maximum Gasteiger partial charge on any atom is 0.495 e. The van der Waals surface area contributed by atoms with E-state index >= 15 is 0 Å². The van der Waals surface area contributed by atoms with Gasteiger partial charge in [-0.05, 0) is 64.4 Å². The summed E-state index contributed by atoms with van der Waals surface area (Å²) in [6, 6.07) is 5.94. The number of nitrogens with zero attached hydrogens (tertiary/aromatic N) is 1. The van der Waals surface area contributed by atoms with Crippen LogP contribution in [0, 0.1) is 11.3 Å². The Morgan fingerprint density at radius 1 is 1.23 bits per heavy atom. The van der Waals surface area contributed by atoms with Crippen LogP contribution in [0.15, 0.2) is 17.0 Å². The molecule has 3 rings (SSSR count). The fraction of sp³-hybridized carbons (Fsp3) is 0.636. The van der Waals surface area contributed by atoms with Gasteiger partial charge >= 0.3 is 13.2 Å². The van der Waals surface area contributed by atoms with Crippen molar-refractivity contribution in [3.63, 3.8) is 0 Å². The number of hydrogen-bond acceptors (Lipinski definition) is 6. The molecule has 2 fully saturated rings. The molecule has 0 unspecified atom stereocenters. The van der Waals surface area contributed by atoms with Crippen LogP contribution < -0.4 is 15.5 Å². The SMILES string of the molecule is CSc1cc(B2OC(C)(C)C(C)(C)O2)cc(OCC2(NC(=O)O)CCCCC2)c1C#N. The quantitative estimate of drug-likeness (QED) is 0.504. The fourth-order valence-electron chi connectivity index (χ4n) is 4.09. The number of thioether (sulfide) groups is 1. The van der Waals surface area contributed by atoms with E-state index < -0.39 is 30.0 Å². The minimum Gasteiger partial charge on any atom is -0.490 e. The van der Waals surface area contributed by atoms with Crippen molar-refractivity contribution in [3.05, 3.63) is 17.7 Å². The van der Waals surface area contributed by atoms with E-state index in [2.05, 4.69) is 11.4 Å². The molecule has 0 bridgehead atoms. The van der Waals surface area contributed by atoms with Crippen molar-refractivity contribution in [2.75, 3.05) is 12.9 Å². The van der Waals surface area contributed by atoms with Gasteiger partial charge in [-0.25, -0.2) is 4.79 Å². The second kappa shape index (κ2) is 8.93. The van der Waals surface area contributed by atoms with E-state index in [9.17, 15) is 15.2 Å². The average molecular weight is 446 g/mol. The molecule has 1 amide bonds. The summed E-state index contributed by atoms with van der Waals surface area (Å²) in [5, 5.41) is 21.8. The highest BCUT2D eigenvalue weighted by atomic mass is 32.2. The molecule has 0 radical (unpaired) electrons. The fourth-order valence-corrected chi connectivity index (χ4v) is 4.69. The van der Waals surface area contributed by atoms with Crippen LogP contribution in [-0.2, 0) is 9.31 Å². The van der Waals surface area contributed by atoms with E-state index in [-0.39, 0.29) is 6.61 Å². The highest BCUT2D eigenvalue weighted by Crippen LogP contribution is 2.38. The Kier molecular flexibility index (Phi) is 6.85. The Morgan fingerprint density at radius 2 is 1.84 bits per heavy atom. The number of nitrogens with one attached hydrogen (secondary N) is 1. The predicted octanol–water partition coefficient (Wildman–Crippen LogP) is 3.93. The Labute approximate surface area is 189 Å². The summed E-state index contributed by atoms with van der Waals surface area (Å²) in [5.74, 6) is 0.427. The molecule has 168 valence electrons. The van der Waals surface area contributed by atoms with Crippen molar-refractivity contribution >= 4 is 30.4 Å². The molecule has 1 heterocycles. The van der Waals surface area contributed by atoms with Crippen LogP contribution in [0.2, 0.25) is 0 Å². The normalized spacial score (nSPS) is 21.4. The lowest BCUT2D eigenvalue weighted by atomic mass is 9.78. The number of ether oxygens (including phenoxy) is 1. The molecule has 1 aromatic carbocycles. The summed E-state index contributed by atoms with van der Waals surface area (Å²) in [5.41, 5.74) is -0.390. The molecular weight excluding hydrogens is 415 g/mol. The van der Waals surface area contributed by atoms with Crippen LogP contribution in [0.5, 0.6) is 5.75 Å². The summed E-state index contributed by atoms with van der Waals surface area (Å²) in [6.45, 7) is 8.15. The number of amides is 1. The van der Waals surface area contributed by atoms with Crippen LogP contribution in [-0.4, -0.2) is 47.9 Å². The first-order chi connectivity index (χ1) is 14.5. The molecular formula is C22H31BN2O5S. The predicted molar refractivity (Wildman–Crippen MR) is 121 cm³/mol. The largest absolute Gasteiger partial charge is 0.495 e. The Bertz CT molecular complexity index is 861. The standard InChI is InChI=1S/C22H31BN2O5S/c1-20(2)21(3,4)30-23(29-20)15-11-17(16(13-24)18(12-15)31-5)28-14-22(25-19(26)27)9-7-6-8-10-22/h11-12,25H,6-10,14H2,1-5H3,(H,26,27). The topological polar surface area (TPSA) is 101 Å². The molecule has 1 aliphatic carbocycles. The molecule has 2 N–H and O–H groups in total. The molecule has 7 nitrogen and oxygen atoms in total. The lowest BCUT2D eigenvalue weighted by Gasteiger charge is -2.36. The van der Waals surface area contributed by atoms with Crippen LogP contribution in [0.1, 0.15) is 65.4 Å². The van der Waals surface area contributed by atoms with Gasteiger partial charge in [0.1, 0.15) is 24.0 Å². The van der Waals surface area contributed by atoms with E-state index in [0.29, 0.717) is 24.2 Å². The summed E-state index contributed by atoms with van der Waals surface area (Å²) in [4.78, 5) is 12.2. The van der Waals surface area contributed by atoms with E-state index in [4.69, 9.17) is 14.0 Å². The number of rotatable bonds is 6.